The van der Waals surface area contributed by atoms with E-state index < -0.39 is 6.10 Å². The summed E-state index contributed by atoms with van der Waals surface area (Å²) in [5.41, 5.74) is 2.15. The Morgan fingerprint density at radius 1 is 1.10 bits per heavy atom. The van der Waals surface area contributed by atoms with Gasteiger partial charge in [0.15, 0.2) is 6.10 Å². The number of hydrogen-bond donors (Lipinski definition) is 0. The Bertz CT molecular complexity index is 1020. The number of carbonyl (C=O) groups excluding carboxylic acids is 3. The molecular formula is C25H25NO4. The zero-order valence-electron chi connectivity index (χ0n) is 17.4. The van der Waals surface area contributed by atoms with Crippen LogP contribution in [0.1, 0.15) is 36.2 Å². The number of carbonyl (C=O) groups is 3. The zero-order valence-corrected chi connectivity index (χ0v) is 17.4. The van der Waals surface area contributed by atoms with Crippen LogP contribution >= 0.6 is 0 Å². The standard InChI is InChI=1S/C25H25NO4/c1-15-10-12-18(13-11-15)23(27)17(3)30-20-8-5-7-19(14-20)26-24(28)21-9-4-6-16(2)22(21)25(26)29/h4-8,10-14,16-17,21-22H,9H2,1-3H3/t16-,17-,21-,22-/m0/s1. The second-order valence-corrected chi connectivity index (χ2v) is 8.15. The lowest BCUT2D eigenvalue weighted by atomic mass is 9.78. The number of ether oxygens (including phenoxy) is 1. The molecule has 5 nitrogen and oxygen atoms in total. The highest BCUT2D eigenvalue weighted by Gasteiger charge is 2.50. The van der Waals surface area contributed by atoms with Gasteiger partial charge in [-0.15, -0.1) is 0 Å². The minimum atomic E-state index is -0.695. The van der Waals surface area contributed by atoms with Crippen molar-refractivity contribution in [2.45, 2.75) is 33.3 Å². The maximum absolute atomic E-state index is 13.0. The Morgan fingerprint density at radius 3 is 2.53 bits per heavy atom. The number of allylic oxidation sites excluding steroid dienone is 2. The normalized spacial score (nSPS) is 24.0. The van der Waals surface area contributed by atoms with Crippen LogP contribution in [0.3, 0.4) is 0 Å². The SMILES string of the molecule is Cc1ccc(C(=O)[C@H](C)Oc2cccc(N3C(=O)[C@@H]4[C@H](CC=C[C@@H]4C)C3=O)c2)cc1. The Kier molecular flexibility index (Phi) is 5.29. The van der Waals surface area contributed by atoms with Crippen LogP contribution in [-0.2, 0) is 9.59 Å². The van der Waals surface area contributed by atoms with Gasteiger partial charge in [0.2, 0.25) is 17.6 Å². The van der Waals surface area contributed by atoms with Crippen molar-refractivity contribution in [2.75, 3.05) is 4.90 Å². The van der Waals surface area contributed by atoms with Crippen LogP contribution in [0.15, 0.2) is 60.7 Å². The van der Waals surface area contributed by atoms with Crippen molar-refractivity contribution >= 4 is 23.3 Å². The summed E-state index contributed by atoms with van der Waals surface area (Å²) in [4.78, 5) is 39.9. The minimum Gasteiger partial charge on any atom is -0.482 e. The average molecular weight is 403 g/mol. The van der Waals surface area contributed by atoms with E-state index >= 15 is 0 Å². The molecule has 0 spiro atoms. The van der Waals surface area contributed by atoms with Gasteiger partial charge in [0, 0.05) is 11.6 Å². The number of fused-ring (bicyclic) bond motifs is 1. The lowest BCUT2D eigenvalue weighted by Crippen LogP contribution is -2.31. The van der Waals surface area contributed by atoms with Crippen LogP contribution in [0.5, 0.6) is 5.75 Å². The largest absolute Gasteiger partial charge is 0.482 e. The van der Waals surface area contributed by atoms with Crippen LogP contribution in [0.4, 0.5) is 5.69 Å². The number of Topliss-reactive ketones (excluding diaryl/α,β-unsaturated/α-hetero) is 1. The fourth-order valence-corrected chi connectivity index (χ4v) is 4.31. The van der Waals surface area contributed by atoms with E-state index in [0.717, 1.165) is 5.56 Å². The maximum atomic E-state index is 13.0. The molecule has 154 valence electrons. The highest BCUT2D eigenvalue weighted by atomic mass is 16.5. The topological polar surface area (TPSA) is 63.7 Å². The van der Waals surface area contributed by atoms with Crippen molar-refractivity contribution in [1.29, 1.82) is 0 Å². The molecule has 0 N–H and O–H groups in total. The van der Waals surface area contributed by atoms with Crippen LogP contribution in [0.2, 0.25) is 0 Å². The van der Waals surface area contributed by atoms with Gasteiger partial charge in [-0.2, -0.15) is 0 Å². The van der Waals surface area contributed by atoms with Crippen LogP contribution in [-0.4, -0.2) is 23.7 Å². The summed E-state index contributed by atoms with van der Waals surface area (Å²) in [6.45, 7) is 5.64. The first-order valence-electron chi connectivity index (χ1n) is 10.3. The summed E-state index contributed by atoms with van der Waals surface area (Å²) in [6, 6.07) is 14.2. The summed E-state index contributed by atoms with van der Waals surface area (Å²) in [5, 5.41) is 0. The number of nitrogens with zero attached hydrogens (tertiary/aromatic N) is 1. The average Bonchev–Trinajstić information content (AvgIpc) is 2.99. The highest BCUT2D eigenvalue weighted by molar-refractivity contribution is 6.22. The third kappa shape index (κ3) is 3.56. The van der Waals surface area contributed by atoms with E-state index in [1.807, 2.05) is 38.1 Å². The molecule has 1 aliphatic carbocycles. The summed E-state index contributed by atoms with van der Waals surface area (Å²) in [6.07, 6.45) is 3.89. The molecular weight excluding hydrogens is 378 g/mol. The zero-order chi connectivity index (χ0) is 21.4. The van der Waals surface area contributed by atoms with Gasteiger partial charge < -0.3 is 4.74 Å². The van der Waals surface area contributed by atoms with Crippen molar-refractivity contribution < 1.29 is 19.1 Å². The molecule has 2 aliphatic rings. The number of imide groups is 1. The fourth-order valence-electron chi connectivity index (χ4n) is 4.31. The lowest BCUT2D eigenvalue weighted by Gasteiger charge is -2.22. The molecule has 0 saturated carbocycles. The van der Waals surface area contributed by atoms with E-state index in [1.165, 1.54) is 4.90 Å². The molecule has 0 aromatic heterocycles. The van der Waals surface area contributed by atoms with E-state index in [0.29, 0.717) is 23.4 Å². The van der Waals surface area contributed by atoms with Gasteiger partial charge in [-0.3, -0.25) is 14.4 Å². The molecule has 0 unspecified atom stereocenters. The van der Waals surface area contributed by atoms with Crippen molar-refractivity contribution in [3.63, 3.8) is 0 Å². The second kappa shape index (κ2) is 7.90. The maximum Gasteiger partial charge on any atom is 0.238 e. The van der Waals surface area contributed by atoms with Gasteiger partial charge >= 0.3 is 0 Å². The predicted octanol–water partition coefficient (Wildman–Crippen LogP) is 4.35. The first-order valence-corrected chi connectivity index (χ1v) is 10.3. The summed E-state index contributed by atoms with van der Waals surface area (Å²) in [5.74, 6) is -0.582. The van der Waals surface area contributed by atoms with E-state index in [9.17, 15) is 14.4 Å². The highest BCUT2D eigenvalue weighted by Crippen LogP contribution is 2.41. The summed E-state index contributed by atoms with van der Waals surface area (Å²) >= 11 is 0. The van der Waals surface area contributed by atoms with Crippen molar-refractivity contribution in [2.24, 2.45) is 17.8 Å². The van der Waals surface area contributed by atoms with Crippen molar-refractivity contribution in [1.82, 2.24) is 0 Å². The quantitative estimate of drug-likeness (QED) is 0.423. The van der Waals surface area contributed by atoms with Crippen LogP contribution in [0.25, 0.3) is 0 Å². The van der Waals surface area contributed by atoms with Crippen molar-refractivity contribution in [3.8, 4) is 5.75 Å². The number of aryl methyl sites for hydroxylation is 1. The molecule has 1 saturated heterocycles. The molecule has 4 rings (SSSR count). The summed E-state index contributed by atoms with van der Waals surface area (Å²) in [7, 11) is 0. The number of anilines is 1. The van der Waals surface area contributed by atoms with Gasteiger partial charge in [-0.05, 0) is 38.3 Å². The van der Waals surface area contributed by atoms with Gasteiger partial charge in [-0.1, -0.05) is 55.0 Å². The molecule has 1 fully saturated rings. The molecule has 0 radical (unpaired) electrons. The minimum absolute atomic E-state index is 0.0387. The summed E-state index contributed by atoms with van der Waals surface area (Å²) < 4.78 is 5.86. The third-order valence-electron chi connectivity index (χ3n) is 5.97. The van der Waals surface area contributed by atoms with Gasteiger partial charge in [0.1, 0.15) is 5.75 Å². The van der Waals surface area contributed by atoms with Gasteiger partial charge in [0.05, 0.1) is 17.5 Å². The van der Waals surface area contributed by atoms with E-state index in [-0.39, 0.29) is 35.4 Å². The number of rotatable bonds is 5. The lowest BCUT2D eigenvalue weighted by molar-refractivity contribution is -0.122. The van der Waals surface area contributed by atoms with E-state index in [4.69, 9.17) is 4.74 Å². The number of hydrogen-bond acceptors (Lipinski definition) is 4. The monoisotopic (exact) mass is 403 g/mol. The van der Waals surface area contributed by atoms with E-state index in [1.54, 1.807) is 43.3 Å². The molecule has 2 amide bonds. The first kappa shape index (κ1) is 20.1. The van der Waals surface area contributed by atoms with Crippen LogP contribution < -0.4 is 9.64 Å². The Balaban J connectivity index is 1.53. The van der Waals surface area contributed by atoms with E-state index in [2.05, 4.69) is 0 Å². The fraction of sp³-hybridized carbons (Fsp3) is 0.320. The molecule has 30 heavy (non-hydrogen) atoms. The molecule has 2 aromatic rings. The number of amides is 2. The Hall–Kier alpha value is -3.21. The Morgan fingerprint density at radius 2 is 1.83 bits per heavy atom. The third-order valence-corrected chi connectivity index (χ3v) is 5.97. The van der Waals surface area contributed by atoms with Gasteiger partial charge in [0.25, 0.3) is 0 Å². The Labute approximate surface area is 176 Å². The van der Waals surface area contributed by atoms with Crippen LogP contribution in [0, 0.1) is 24.7 Å². The van der Waals surface area contributed by atoms with Gasteiger partial charge in [-0.25, -0.2) is 4.90 Å². The smallest absolute Gasteiger partial charge is 0.238 e. The molecule has 1 heterocycles. The molecule has 5 heteroatoms. The molecule has 0 bridgehead atoms. The molecule has 1 aliphatic heterocycles. The number of ketones is 1. The first-order chi connectivity index (χ1) is 14.4. The predicted molar refractivity (Wildman–Crippen MR) is 114 cm³/mol. The second-order valence-electron chi connectivity index (χ2n) is 8.15. The number of benzene rings is 2. The molecule has 4 atom stereocenters. The molecule has 2 aromatic carbocycles. The van der Waals surface area contributed by atoms with Crippen molar-refractivity contribution in [3.05, 3.63) is 71.8 Å².